The average molecular weight is 344 g/mol. The molecule has 0 N–H and O–H groups in total. The number of amides is 1. The van der Waals surface area contributed by atoms with Crippen molar-refractivity contribution >= 4 is 11.6 Å². The highest BCUT2D eigenvalue weighted by Crippen LogP contribution is 2.18. The Morgan fingerprint density at radius 1 is 0.960 bits per heavy atom. The van der Waals surface area contributed by atoms with Gasteiger partial charge in [0.15, 0.2) is 6.61 Å². The summed E-state index contributed by atoms with van der Waals surface area (Å²) in [5.74, 6) is 1.11. The van der Waals surface area contributed by atoms with Crippen LogP contribution < -0.4 is 14.4 Å². The zero-order chi connectivity index (χ0) is 17.6. The van der Waals surface area contributed by atoms with Crippen molar-refractivity contribution in [1.82, 2.24) is 4.90 Å². The maximum absolute atomic E-state index is 13.0. The molecular weight excluding hydrogens is 323 g/mol. The van der Waals surface area contributed by atoms with Gasteiger partial charge < -0.3 is 19.3 Å². The van der Waals surface area contributed by atoms with E-state index < -0.39 is 0 Å². The van der Waals surface area contributed by atoms with Crippen molar-refractivity contribution in [3.63, 3.8) is 0 Å². The molecule has 2 aromatic carbocycles. The molecule has 1 amide bonds. The normalized spacial score (nSPS) is 14.3. The summed E-state index contributed by atoms with van der Waals surface area (Å²) in [6.07, 6.45) is 0. The van der Waals surface area contributed by atoms with E-state index in [1.54, 1.807) is 48.4 Å². The third-order valence-electron chi connectivity index (χ3n) is 4.25. The summed E-state index contributed by atoms with van der Waals surface area (Å²) >= 11 is 0. The SMILES string of the molecule is COc1ccc(OCC(=O)N2CCN(c3ccc(F)cc3)CC2)cc1. The molecule has 1 aliphatic rings. The molecule has 1 saturated heterocycles. The highest BCUT2D eigenvalue weighted by molar-refractivity contribution is 5.78. The topological polar surface area (TPSA) is 42.0 Å². The van der Waals surface area contributed by atoms with E-state index in [1.807, 2.05) is 0 Å². The van der Waals surface area contributed by atoms with Gasteiger partial charge in [0.1, 0.15) is 17.3 Å². The number of hydrogen-bond donors (Lipinski definition) is 0. The van der Waals surface area contributed by atoms with Crippen LogP contribution in [0, 0.1) is 5.82 Å². The van der Waals surface area contributed by atoms with Crippen LogP contribution in [-0.4, -0.2) is 50.7 Å². The molecule has 0 bridgehead atoms. The summed E-state index contributed by atoms with van der Waals surface area (Å²) < 4.78 is 23.6. The number of rotatable bonds is 5. The van der Waals surface area contributed by atoms with Crippen LogP contribution in [0.1, 0.15) is 0 Å². The van der Waals surface area contributed by atoms with Gasteiger partial charge in [-0.1, -0.05) is 0 Å². The van der Waals surface area contributed by atoms with Crippen LogP contribution in [-0.2, 0) is 4.79 Å². The fourth-order valence-corrected chi connectivity index (χ4v) is 2.77. The van der Waals surface area contributed by atoms with Crippen molar-refractivity contribution < 1.29 is 18.7 Å². The Hall–Kier alpha value is -2.76. The van der Waals surface area contributed by atoms with Gasteiger partial charge in [0, 0.05) is 31.9 Å². The van der Waals surface area contributed by atoms with Gasteiger partial charge in [0.2, 0.25) is 0 Å². The molecule has 3 rings (SSSR count). The first kappa shape index (κ1) is 17.1. The fourth-order valence-electron chi connectivity index (χ4n) is 2.77. The van der Waals surface area contributed by atoms with E-state index in [2.05, 4.69) is 4.90 Å². The molecule has 0 unspecified atom stereocenters. The van der Waals surface area contributed by atoms with Crippen molar-refractivity contribution in [3.8, 4) is 11.5 Å². The molecule has 1 aliphatic heterocycles. The Morgan fingerprint density at radius 3 is 2.16 bits per heavy atom. The molecule has 1 fully saturated rings. The number of carbonyl (C=O) groups excluding carboxylic acids is 1. The van der Waals surface area contributed by atoms with E-state index in [0.717, 1.165) is 24.5 Å². The van der Waals surface area contributed by atoms with Gasteiger partial charge in [-0.25, -0.2) is 4.39 Å². The standard InChI is InChI=1S/C19H21FN2O3/c1-24-17-6-8-18(9-7-17)25-14-19(23)22-12-10-21(11-13-22)16-4-2-15(20)3-5-16/h2-9H,10-14H2,1H3. The lowest BCUT2D eigenvalue weighted by Crippen LogP contribution is -2.50. The minimum Gasteiger partial charge on any atom is -0.497 e. The summed E-state index contributed by atoms with van der Waals surface area (Å²) in [5.41, 5.74) is 0.975. The predicted octanol–water partition coefficient (Wildman–Crippen LogP) is 2.56. The lowest BCUT2D eigenvalue weighted by molar-refractivity contribution is -0.133. The van der Waals surface area contributed by atoms with Crippen molar-refractivity contribution in [3.05, 3.63) is 54.3 Å². The number of ether oxygens (including phenoxy) is 2. The Bertz CT molecular complexity index is 696. The van der Waals surface area contributed by atoms with E-state index in [4.69, 9.17) is 9.47 Å². The van der Waals surface area contributed by atoms with E-state index in [0.29, 0.717) is 18.8 Å². The van der Waals surface area contributed by atoms with Gasteiger partial charge in [-0.15, -0.1) is 0 Å². The maximum atomic E-state index is 13.0. The van der Waals surface area contributed by atoms with Crippen LogP contribution >= 0.6 is 0 Å². The minimum atomic E-state index is -0.242. The van der Waals surface area contributed by atoms with Crippen LogP contribution in [0.25, 0.3) is 0 Å². The Balaban J connectivity index is 1.47. The highest BCUT2D eigenvalue weighted by Gasteiger charge is 2.21. The maximum Gasteiger partial charge on any atom is 0.260 e. The zero-order valence-corrected chi connectivity index (χ0v) is 14.2. The molecule has 0 aliphatic carbocycles. The number of anilines is 1. The molecule has 0 spiro atoms. The molecule has 6 heteroatoms. The number of benzene rings is 2. The first-order valence-electron chi connectivity index (χ1n) is 8.21. The Morgan fingerprint density at radius 2 is 1.56 bits per heavy atom. The third-order valence-corrected chi connectivity index (χ3v) is 4.25. The van der Waals surface area contributed by atoms with Gasteiger partial charge >= 0.3 is 0 Å². The van der Waals surface area contributed by atoms with E-state index >= 15 is 0 Å². The quantitative estimate of drug-likeness (QED) is 0.836. The average Bonchev–Trinajstić information content (AvgIpc) is 2.67. The summed E-state index contributed by atoms with van der Waals surface area (Å²) in [5, 5.41) is 0. The second kappa shape index (κ2) is 7.88. The van der Waals surface area contributed by atoms with Crippen LogP contribution in [0.15, 0.2) is 48.5 Å². The van der Waals surface area contributed by atoms with Gasteiger partial charge in [0.25, 0.3) is 5.91 Å². The number of hydrogen-bond acceptors (Lipinski definition) is 4. The molecule has 1 heterocycles. The fraction of sp³-hybridized carbons (Fsp3) is 0.316. The lowest BCUT2D eigenvalue weighted by Gasteiger charge is -2.36. The highest BCUT2D eigenvalue weighted by atomic mass is 19.1. The Labute approximate surface area is 146 Å². The molecular formula is C19H21FN2O3. The number of halogens is 1. The van der Waals surface area contributed by atoms with Crippen LogP contribution in [0.4, 0.5) is 10.1 Å². The number of piperazine rings is 1. The molecule has 0 atom stereocenters. The molecule has 0 saturated carbocycles. The predicted molar refractivity (Wildman–Crippen MR) is 93.7 cm³/mol. The number of nitrogens with zero attached hydrogens (tertiary/aromatic N) is 2. The second-order valence-corrected chi connectivity index (χ2v) is 5.81. The van der Waals surface area contributed by atoms with Crippen molar-refractivity contribution in [2.24, 2.45) is 0 Å². The summed E-state index contributed by atoms with van der Waals surface area (Å²) in [6, 6.07) is 13.6. The van der Waals surface area contributed by atoms with Crippen molar-refractivity contribution in [2.75, 3.05) is 44.8 Å². The van der Waals surface area contributed by atoms with Gasteiger partial charge in [-0.3, -0.25) is 4.79 Å². The van der Waals surface area contributed by atoms with Gasteiger partial charge in [-0.2, -0.15) is 0 Å². The van der Waals surface area contributed by atoms with Crippen molar-refractivity contribution in [2.45, 2.75) is 0 Å². The monoisotopic (exact) mass is 344 g/mol. The van der Waals surface area contributed by atoms with Gasteiger partial charge in [-0.05, 0) is 48.5 Å². The van der Waals surface area contributed by atoms with E-state index in [9.17, 15) is 9.18 Å². The number of carbonyl (C=O) groups is 1. The van der Waals surface area contributed by atoms with Crippen LogP contribution in [0.2, 0.25) is 0 Å². The molecule has 0 radical (unpaired) electrons. The molecule has 132 valence electrons. The van der Waals surface area contributed by atoms with Crippen molar-refractivity contribution in [1.29, 1.82) is 0 Å². The van der Waals surface area contributed by atoms with Gasteiger partial charge in [0.05, 0.1) is 7.11 Å². The minimum absolute atomic E-state index is 0.0167. The van der Waals surface area contributed by atoms with E-state index in [1.165, 1.54) is 12.1 Å². The van der Waals surface area contributed by atoms with E-state index in [-0.39, 0.29) is 18.3 Å². The first-order chi connectivity index (χ1) is 12.2. The molecule has 0 aromatic heterocycles. The summed E-state index contributed by atoms with van der Waals surface area (Å²) in [6.45, 7) is 2.72. The Kier molecular flexibility index (Phi) is 5.38. The second-order valence-electron chi connectivity index (χ2n) is 5.81. The molecule has 2 aromatic rings. The molecule has 5 nitrogen and oxygen atoms in total. The smallest absolute Gasteiger partial charge is 0.260 e. The van der Waals surface area contributed by atoms with Crippen LogP contribution in [0.3, 0.4) is 0 Å². The summed E-state index contributed by atoms with van der Waals surface area (Å²) in [7, 11) is 1.60. The van der Waals surface area contributed by atoms with Crippen LogP contribution in [0.5, 0.6) is 11.5 Å². The number of methoxy groups -OCH3 is 1. The molecule has 25 heavy (non-hydrogen) atoms. The zero-order valence-electron chi connectivity index (χ0n) is 14.2. The first-order valence-corrected chi connectivity index (χ1v) is 8.21. The summed E-state index contributed by atoms with van der Waals surface area (Å²) in [4.78, 5) is 16.2. The largest absolute Gasteiger partial charge is 0.497 e. The lowest BCUT2D eigenvalue weighted by atomic mass is 10.2. The third kappa shape index (κ3) is 4.41.